The predicted octanol–water partition coefficient (Wildman–Crippen LogP) is -2.71. The molecule has 0 aromatic carbocycles. The van der Waals surface area contributed by atoms with Gasteiger partial charge in [0.2, 0.25) is 0 Å². The van der Waals surface area contributed by atoms with Gasteiger partial charge in [-0.2, -0.15) is 0 Å². The van der Waals surface area contributed by atoms with Crippen LogP contribution in [0, 0.1) is 0 Å². The molecule has 4 nitrogen and oxygen atoms in total. The summed E-state index contributed by atoms with van der Waals surface area (Å²) in [6.45, 7) is 0. The molecule has 0 unspecified atom stereocenters. The van der Waals surface area contributed by atoms with Gasteiger partial charge in [0.25, 0.3) is 0 Å². The molecular weight excluding hydrogens is 104 g/mol. The van der Waals surface area contributed by atoms with Crippen LogP contribution in [0.25, 0.3) is 0 Å². The fourth-order valence-electron chi connectivity index (χ4n) is 0. The van der Waals surface area contributed by atoms with Crippen LogP contribution in [-0.2, 0) is 0 Å². The minimum absolute atomic E-state index is 1.00. The first-order valence-electron chi connectivity index (χ1n) is 1.22. The lowest BCUT2D eigenvalue weighted by Crippen LogP contribution is -2.07. The van der Waals surface area contributed by atoms with Gasteiger partial charge in [-0.1, -0.05) is 0 Å². The molecule has 0 saturated carbocycles. The van der Waals surface area contributed by atoms with Crippen molar-refractivity contribution in [1.29, 1.82) is 0 Å². The van der Waals surface area contributed by atoms with E-state index in [4.69, 9.17) is 19.5 Å². The number of hydrogen-bond donors (Lipinski definition) is 4. The Morgan fingerprint density at radius 3 is 1.00 bits per heavy atom. The van der Waals surface area contributed by atoms with Crippen LogP contribution in [0.1, 0.15) is 0 Å². The van der Waals surface area contributed by atoms with Gasteiger partial charge in [0.1, 0.15) is 0 Å². The molecule has 0 rings (SSSR count). The first kappa shape index (κ1) is 9.41. The summed E-state index contributed by atoms with van der Waals surface area (Å²) in [6.07, 6.45) is 0. The normalized spacial score (nSPS) is 7.00. The summed E-state index contributed by atoms with van der Waals surface area (Å²) in [7, 11) is -2.14. The lowest BCUT2D eigenvalue weighted by atomic mass is 11.8. The van der Waals surface area contributed by atoms with Crippen LogP contribution < -0.4 is 0 Å². The third-order valence-electron chi connectivity index (χ3n) is 0. The Labute approximate surface area is 37.3 Å². The van der Waals surface area contributed by atoms with Gasteiger partial charge in [0, 0.05) is 7.11 Å². The Morgan fingerprint density at radius 2 is 1.00 bits per heavy atom. The van der Waals surface area contributed by atoms with Crippen LogP contribution in [0.3, 0.4) is 0 Å². The summed E-state index contributed by atoms with van der Waals surface area (Å²) in [4.78, 5) is 21.9. The third-order valence-corrected chi connectivity index (χ3v) is 0. The molecule has 0 aromatic heterocycles. The van der Waals surface area contributed by atoms with E-state index in [-0.39, 0.29) is 0 Å². The Bertz CT molecular complexity index is 12.3. The molecule has 6 heavy (non-hydrogen) atoms. The molecule has 0 fully saturated rings. The molecule has 4 N–H and O–H groups in total. The fraction of sp³-hybridized carbons (Fsp3) is 1.00. The van der Waals surface area contributed by atoms with E-state index in [1.807, 2.05) is 0 Å². The zero-order valence-corrected chi connectivity index (χ0v) is 4.52. The molecule has 5 heteroatoms. The van der Waals surface area contributed by atoms with Crippen LogP contribution in [0.15, 0.2) is 0 Å². The lowest BCUT2D eigenvalue weighted by molar-refractivity contribution is 0.278. The zero-order chi connectivity index (χ0) is 5.58. The number of rotatable bonds is 0. The SMILES string of the molecule is CO.O[SiH](O)O. The summed E-state index contributed by atoms with van der Waals surface area (Å²) in [5, 5.41) is 7.00. The van der Waals surface area contributed by atoms with E-state index in [0.717, 1.165) is 7.11 Å². The number of aliphatic hydroxyl groups is 1. The van der Waals surface area contributed by atoms with Crippen LogP contribution >= 0.6 is 0 Å². The van der Waals surface area contributed by atoms with E-state index < -0.39 is 9.53 Å². The molecule has 0 aliphatic heterocycles. The Hall–Kier alpha value is 0.0569. The van der Waals surface area contributed by atoms with Crippen molar-refractivity contribution >= 4 is 9.53 Å². The van der Waals surface area contributed by atoms with Crippen LogP contribution in [0.2, 0.25) is 0 Å². The smallest absolute Gasteiger partial charge is 0.400 e. The summed E-state index contributed by atoms with van der Waals surface area (Å²) in [5.74, 6) is 0. The number of aliphatic hydroxyl groups excluding tert-OH is 1. The first-order chi connectivity index (χ1) is 2.73. The largest absolute Gasteiger partial charge is 0.475 e. The average molecular weight is 112 g/mol. The molecule has 0 aliphatic rings. The maximum atomic E-state index is 7.31. The maximum absolute atomic E-state index is 7.31. The molecular formula is CH8O4Si. The van der Waals surface area contributed by atoms with Crippen molar-refractivity contribution in [2.45, 2.75) is 0 Å². The second-order valence-corrected chi connectivity index (χ2v) is 1.04. The summed E-state index contributed by atoms with van der Waals surface area (Å²) in [6, 6.07) is 0. The predicted molar refractivity (Wildman–Crippen MR) is 21.9 cm³/mol. The molecule has 0 saturated heterocycles. The van der Waals surface area contributed by atoms with E-state index in [1.165, 1.54) is 0 Å². The Morgan fingerprint density at radius 1 is 1.00 bits per heavy atom. The second-order valence-electron chi connectivity index (χ2n) is 0.346. The maximum Gasteiger partial charge on any atom is 0.475 e. The van der Waals surface area contributed by atoms with Crippen molar-refractivity contribution in [3.63, 3.8) is 0 Å². The third kappa shape index (κ3) is 11700. The van der Waals surface area contributed by atoms with Gasteiger partial charge in [-0.3, -0.25) is 0 Å². The van der Waals surface area contributed by atoms with Crippen molar-refractivity contribution in [3.8, 4) is 0 Å². The summed E-state index contributed by atoms with van der Waals surface area (Å²) in [5.41, 5.74) is 0. The van der Waals surface area contributed by atoms with E-state index in [0.29, 0.717) is 0 Å². The highest BCUT2D eigenvalue weighted by Crippen LogP contribution is 1.40. The Balaban J connectivity index is 0. The van der Waals surface area contributed by atoms with E-state index in [9.17, 15) is 0 Å². The van der Waals surface area contributed by atoms with Crippen LogP contribution in [0.5, 0.6) is 0 Å². The van der Waals surface area contributed by atoms with Crippen LogP contribution in [-0.4, -0.2) is 36.1 Å². The van der Waals surface area contributed by atoms with E-state index >= 15 is 0 Å². The standard InChI is InChI=1S/CH4O.H4O3Si/c1-2;1-4(2)3/h2H,1H3;1-4H. The second kappa shape index (κ2) is 8.91. The molecule has 0 aromatic rings. The van der Waals surface area contributed by atoms with Gasteiger partial charge in [-0.25, -0.2) is 0 Å². The molecule has 0 heterocycles. The van der Waals surface area contributed by atoms with E-state index in [2.05, 4.69) is 0 Å². The van der Waals surface area contributed by atoms with Crippen LogP contribution in [0.4, 0.5) is 0 Å². The Kier molecular flexibility index (Phi) is 14.0. The first-order valence-corrected chi connectivity index (χ1v) is 2.77. The summed E-state index contributed by atoms with van der Waals surface area (Å²) >= 11 is 0. The molecule has 0 amide bonds. The molecule has 0 spiro atoms. The van der Waals surface area contributed by atoms with Gasteiger partial charge < -0.3 is 19.5 Å². The highest BCUT2D eigenvalue weighted by atomic mass is 28.3. The van der Waals surface area contributed by atoms with Gasteiger partial charge in [-0.15, -0.1) is 0 Å². The topological polar surface area (TPSA) is 80.9 Å². The van der Waals surface area contributed by atoms with Gasteiger partial charge in [-0.05, 0) is 0 Å². The molecule has 0 atom stereocenters. The molecule has 40 valence electrons. The number of hydrogen-bond acceptors (Lipinski definition) is 4. The quantitative estimate of drug-likeness (QED) is 0.257. The van der Waals surface area contributed by atoms with Gasteiger partial charge in [0.05, 0.1) is 0 Å². The zero-order valence-electron chi connectivity index (χ0n) is 3.37. The lowest BCUT2D eigenvalue weighted by Gasteiger charge is -1.74. The molecule has 0 bridgehead atoms. The monoisotopic (exact) mass is 112 g/mol. The summed E-state index contributed by atoms with van der Waals surface area (Å²) < 4.78 is 0. The van der Waals surface area contributed by atoms with Gasteiger partial charge >= 0.3 is 9.53 Å². The average Bonchev–Trinajstić information content (AvgIpc) is 1.41. The van der Waals surface area contributed by atoms with Gasteiger partial charge in [0.15, 0.2) is 0 Å². The minimum Gasteiger partial charge on any atom is -0.400 e. The molecule has 0 radical (unpaired) electrons. The fourth-order valence-corrected chi connectivity index (χ4v) is 0. The highest BCUT2D eigenvalue weighted by Gasteiger charge is 1.83. The van der Waals surface area contributed by atoms with Crippen molar-refractivity contribution in [3.05, 3.63) is 0 Å². The highest BCUT2D eigenvalue weighted by molar-refractivity contribution is 6.30. The van der Waals surface area contributed by atoms with Crippen molar-refractivity contribution in [2.75, 3.05) is 7.11 Å². The molecule has 0 aliphatic carbocycles. The van der Waals surface area contributed by atoms with Crippen molar-refractivity contribution in [1.82, 2.24) is 0 Å². The van der Waals surface area contributed by atoms with Crippen molar-refractivity contribution in [2.24, 2.45) is 0 Å². The minimum atomic E-state index is -3.14. The van der Waals surface area contributed by atoms with Crippen molar-refractivity contribution < 1.29 is 19.5 Å². The van der Waals surface area contributed by atoms with E-state index in [1.54, 1.807) is 0 Å².